The van der Waals surface area contributed by atoms with Crippen molar-refractivity contribution >= 4 is 17.8 Å². The largest absolute Gasteiger partial charge is 0.480 e. The second kappa shape index (κ2) is 6.92. The summed E-state index contributed by atoms with van der Waals surface area (Å²) in [6, 6.07) is 2.26. The molecule has 2 bridgehead atoms. The lowest BCUT2D eigenvalue weighted by atomic mass is 9.49. The SMILES string of the molecule is CC(C)C(NC(=O)Oc1ccc2c3c1O[C@H]1C(=O)CCC4(O)C(C2)N(C)CCC314)C(=O)O. The lowest BCUT2D eigenvalue weighted by molar-refractivity contribution is -0.185. The van der Waals surface area contributed by atoms with E-state index < -0.39 is 35.2 Å². The number of likely N-dealkylation sites (tertiary alicyclic amines) is 1. The monoisotopic (exact) mass is 444 g/mol. The number of nitrogens with one attached hydrogen (secondary N) is 1. The van der Waals surface area contributed by atoms with Gasteiger partial charge >= 0.3 is 12.1 Å². The van der Waals surface area contributed by atoms with Gasteiger partial charge in [-0.15, -0.1) is 0 Å². The minimum absolute atomic E-state index is 0.0526. The summed E-state index contributed by atoms with van der Waals surface area (Å²) in [4.78, 5) is 39.0. The van der Waals surface area contributed by atoms with Crippen LogP contribution in [0.1, 0.15) is 44.2 Å². The highest BCUT2D eigenvalue weighted by Gasteiger charge is 2.72. The van der Waals surface area contributed by atoms with E-state index in [1.165, 1.54) is 0 Å². The molecule has 4 unspecified atom stereocenters. The van der Waals surface area contributed by atoms with Crippen LogP contribution in [-0.4, -0.2) is 70.3 Å². The number of amides is 1. The first-order chi connectivity index (χ1) is 15.1. The Balaban J connectivity index is 1.55. The zero-order valence-electron chi connectivity index (χ0n) is 18.4. The van der Waals surface area contributed by atoms with Crippen molar-refractivity contribution in [3.8, 4) is 11.5 Å². The number of carbonyl (C=O) groups excluding carboxylic acids is 2. The van der Waals surface area contributed by atoms with E-state index in [-0.39, 0.29) is 29.9 Å². The molecule has 9 heteroatoms. The second-order valence-electron chi connectivity index (χ2n) is 9.83. The zero-order chi connectivity index (χ0) is 23.0. The number of carbonyl (C=O) groups is 3. The van der Waals surface area contributed by atoms with Crippen LogP contribution in [0.4, 0.5) is 4.79 Å². The van der Waals surface area contributed by atoms with Crippen molar-refractivity contribution in [3.05, 3.63) is 23.3 Å². The lowest BCUT2D eigenvalue weighted by Gasteiger charge is -2.61. The van der Waals surface area contributed by atoms with E-state index >= 15 is 0 Å². The predicted molar refractivity (Wildman–Crippen MR) is 112 cm³/mol. The van der Waals surface area contributed by atoms with Crippen molar-refractivity contribution in [3.63, 3.8) is 0 Å². The van der Waals surface area contributed by atoms with Gasteiger partial charge in [0.05, 0.1) is 11.0 Å². The zero-order valence-corrected chi connectivity index (χ0v) is 18.4. The Hall–Kier alpha value is -2.65. The van der Waals surface area contributed by atoms with Gasteiger partial charge in [-0.25, -0.2) is 9.59 Å². The number of aliphatic carboxylic acids is 1. The number of rotatable bonds is 4. The molecule has 9 nitrogen and oxygen atoms in total. The van der Waals surface area contributed by atoms with Crippen molar-refractivity contribution in [1.29, 1.82) is 0 Å². The van der Waals surface area contributed by atoms with Gasteiger partial charge in [-0.1, -0.05) is 19.9 Å². The summed E-state index contributed by atoms with van der Waals surface area (Å²) in [6.45, 7) is 4.10. The number of aliphatic hydroxyl groups is 1. The number of likely N-dealkylation sites (N-methyl/N-ethyl adjacent to an activating group) is 1. The van der Waals surface area contributed by atoms with Crippen LogP contribution < -0.4 is 14.8 Å². The van der Waals surface area contributed by atoms with E-state index in [0.717, 1.165) is 17.7 Å². The van der Waals surface area contributed by atoms with Crippen LogP contribution >= 0.6 is 0 Å². The van der Waals surface area contributed by atoms with Crippen LogP contribution in [0, 0.1) is 5.92 Å². The van der Waals surface area contributed by atoms with Crippen molar-refractivity contribution < 1.29 is 34.1 Å². The smallest absolute Gasteiger partial charge is 0.413 e. The fraction of sp³-hybridized carbons (Fsp3) is 0.609. The topological polar surface area (TPSA) is 125 Å². The summed E-state index contributed by atoms with van der Waals surface area (Å²) in [6.07, 6.45) is 0.0692. The highest BCUT2D eigenvalue weighted by Crippen LogP contribution is 2.64. The molecule has 5 rings (SSSR count). The van der Waals surface area contributed by atoms with Crippen LogP contribution in [0.25, 0.3) is 0 Å². The first kappa shape index (κ1) is 21.2. The molecule has 5 atom stereocenters. The van der Waals surface area contributed by atoms with Crippen molar-refractivity contribution in [2.45, 2.75) is 68.7 Å². The van der Waals surface area contributed by atoms with E-state index in [1.54, 1.807) is 19.9 Å². The van der Waals surface area contributed by atoms with Gasteiger partial charge in [0.15, 0.2) is 23.4 Å². The van der Waals surface area contributed by atoms with E-state index in [4.69, 9.17) is 9.47 Å². The Kier molecular flexibility index (Phi) is 4.59. The van der Waals surface area contributed by atoms with Crippen LogP contribution in [0.15, 0.2) is 12.1 Å². The average Bonchev–Trinajstić information content (AvgIpc) is 3.08. The third-order valence-electron chi connectivity index (χ3n) is 7.92. The molecular weight excluding hydrogens is 416 g/mol. The number of carboxylic acids is 1. The second-order valence-corrected chi connectivity index (χ2v) is 9.83. The number of hydrogen-bond acceptors (Lipinski definition) is 7. The molecule has 1 aromatic carbocycles. The Labute approximate surface area is 185 Å². The fourth-order valence-electron chi connectivity index (χ4n) is 6.37. The summed E-state index contributed by atoms with van der Waals surface area (Å²) < 4.78 is 11.7. The molecule has 2 aliphatic carbocycles. The lowest BCUT2D eigenvalue weighted by Crippen LogP contribution is -2.76. The number of piperidine rings is 1. The molecule has 32 heavy (non-hydrogen) atoms. The third-order valence-corrected chi connectivity index (χ3v) is 7.92. The van der Waals surface area contributed by atoms with Gasteiger partial charge in [0, 0.05) is 18.0 Å². The van der Waals surface area contributed by atoms with Crippen LogP contribution in [0.3, 0.4) is 0 Å². The molecule has 1 spiro atoms. The Morgan fingerprint density at radius 2 is 2.06 bits per heavy atom. The number of ketones is 1. The van der Waals surface area contributed by atoms with Gasteiger partial charge in [-0.05, 0) is 50.4 Å². The first-order valence-corrected chi connectivity index (χ1v) is 11.1. The molecule has 1 amide bonds. The van der Waals surface area contributed by atoms with Crippen molar-refractivity contribution in [2.24, 2.45) is 5.92 Å². The maximum Gasteiger partial charge on any atom is 0.413 e. The van der Waals surface area contributed by atoms with Crippen LogP contribution in [0.5, 0.6) is 11.5 Å². The molecule has 4 aliphatic rings. The fourth-order valence-corrected chi connectivity index (χ4v) is 6.37. The molecule has 172 valence electrons. The normalized spacial score (nSPS) is 33.3. The summed E-state index contributed by atoms with van der Waals surface area (Å²) in [5.41, 5.74) is -0.216. The van der Waals surface area contributed by atoms with E-state index in [2.05, 4.69) is 10.2 Å². The summed E-state index contributed by atoms with van der Waals surface area (Å²) >= 11 is 0. The molecule has 1 aromatic rings. The molecule has 2 aliphatic heterocycles. The first-order valence-electron chi connectivity index (χ1n) is 11.1. The molecule has 3 N–H and O–H groups in total. The maximum absolute atomic E-state index is 12.9. The van der Waals surface area contributed by atoms with Gasteiger partial charge in [-0.2, -0.15) is 0 Å². The van der Waals surface area contributed by atoms with E-state index in [1.807, 2.05) is 13.1 Å². The number of carboxylic acid groups (broad SMARTS) is 1. The summed E-state index contributed by atoms with van der Waals surface area (Å²) in [5, 5.41) is 23.7. The van der Waals surface area contributed by atoms with Crippen LogP contribution in [0.2, 0.25) is 0 Å². The molecule has 0 radical (unpaired) electrons. The van der Waals surface area contributed by atoms with Crippen LogP contribution in [-0.2, 0) is 21.4 Å². The standard InChI is InChI=1S/C23H28N2O7/c1-11(2)17(20(27)28)24-21(29)31-14-5-4-12-10-15-23(30)7-6-13(26)19-22(23,8-9-25(15)3)16(12)18(14)32-19/h4-5,11,15,17,19,30H,6-10H2,1-3H3,(H,24,29)(H,27,28)/t15?,17?,19-,22?,23?/m0/s1. The van der Waals surface area contributed by atoms with Gasteiger partial charge in [-0.3, -0.25) is 4.79 Å². The van der Waals surface area contributed by atoms with Crippen molar-refractivity contribution in [1.82, 2.24) is 10.2 Å². The molecule has 2 fully saturated rings. The number of Topliss-reactive ketones (excluding diaryl/α,β-unsaturated/α-hetero) is 1. The van der Waals surface area contributed by atoms with Gasteiger partial charge < -0.3 is 29.9 Å². The summed E-state index contributed by atoms with van der Waals surface area (Å²) in [5.74, 6) is -1.09. The molecule has 1 saturated heterocycles. The quantitative estimate of drug-likeness (QED) is 0.633. The maximum atomic E-state index is 12.9. The average molecular weight is 444 g/mol. The van der Waals surface area contributed by atoms with Gasteiger partial charge in [0.25, 0.3) is 0 Å². The molecular formula is C23H28N2O7. The summed E-state index contributed by atoms with van der Waals surface area (Å²) in [7, 11) is 2.00. The minimum atomic E-state index is -1.15. The molecule has 1 saturated carbocycles. The number of hydrogen-bond donors (Lipinski definition) is 3. The van der Waals surface area contributed by atoms with Gasteiger partial charge in [0.1, 0.15) is 6.04 Å². The Bertz CT molecular complexity index is 1020. The van der Waals surface area contributed by atoms with Crippen molar-refractivity contribution in [2.75, 3.05) is 13.6 Å². The number of nitrogens with zero attached hydrogens (tertiary/aromatic N) is 1. The highest BCUT2D eigenvalue weighted by molar-refractivity contribution is 5.90. The molecule has 2 heterocycles. The number of benzene rings is 1. The Morgan fingerprint density at radius 1 is 1.31 bits per heavy atom. The Morgan fingerprint density at radius 3 is 2.75 bits per heavy atom. The molecule has 0 aromatic heterocycles. The minimum Gasteiger partial charge on any atom is -0.480 e. The van der Waals surface area contributed by atoms with E-state index in [0.29, 0.717) is 25.0 Å². The highest BCUT2D eigenvalue weighted by atomic mass is 16.6. The van der Waals surface area contributed by atoms with E-state index in [9.17, 15) is 24.6 Å². The third kappa shape index (κ3) is 2.61. The number of ether oxygens (including phenoxy) is 2. The van der Waals surface area contributed by atoms with Gasteiger partial charge in [0.2, 0.25) is 0 Å². The predicted octanol–water partition coefficient (Wildman–Crippen LogP) is 1.24.